The van der Waals surface area contributed by atoms with E-state index in [1.807, 2.05) is 0 Å². The number of esters is 1. The van der Waals surface area contributed by atoms with Gasteiger partial charge in [-0.25, -0.2) is 19.1 Å². The van der Waals surface area contributed by atoms with Crippen LogP contribution in [0, 0.1) is 0 Å². The molecule has 0 bridgehead atoms. The van der Waals surface area contributed by atoms with Gasteiger partial charge in [0, 0.05) is 14.0 Å². The smallest absolute Gasteiger partial charge is 0.416 e. The lowest BCUT2D eigenvalue weighted by Crippen LogP contribution is -2.43. The molecule has 0 spiro atoms. The number of rotatable bonds is 4. The zero-order chi connectivity index (χ0) is 22.0. The first-order chi connectivity index (χ1) is 14.2. The largest absolute Gasteiger partial charge is 0.464 e. The van der Waals surface area contributed by atoms with Crippen LogP contribution in [-0.4, -0.2) is 26.3 Å². The number of para-hydroxylation sites is 3. The summed E-state index contributed by atoms with van der Waals surface area (Å²) in [4.78, 5) is 49.8. The third kappa shape index (κ3) is 3.53. The molecule has 0 atom stereocenters. The molecule has 0 fully saturated rings. The first-order valence-electron chi connectivity index (χ1n) is 8.71. The van der Waals surface area contributed by atoms with Crippen molar-refractivity contribution in [3.63, 3.8) is 0 Å². The highest BCUT2D eigenvalue weighted by Gasteiger charge is 2.29. The van der Waals surface area contributed by atoms with E-state index in [9.17, 15) is 24.3 Å². The normalized spacial score (nSPS) is 10.5. The summed E-state index contributed by atoms with van der Waals surface area (Å²) < 4.78 is 6.87. The third-order valence-corrected chi connectivity index (χ3v) is 4.26. The minimum absolute atomic E-state index is 0.0914. The Bertz CT molecular complexity index is 1250. The molecule has 3 rings (SSSR count). The van der Waals surface area contributed by atoms with Crippen molar-refractivity contribution >= 4 is 29.3 Å². The van der Waals surface area contributed by atoms with Gasteiger partial charge in [-0.3, -0.25) is 14.2 Å². The van der Waals surface area contributed by atoms with Gasteiger partial charge in [-0.05, 0) is 24.3 Å². The number of nitrogen functional groups attached to an aromatic ring is 1. The molecular weight excluding hydrogens is 392 g/mol. The molecule has 0 aliphatic heterocycles. The number of carboxylic acid groups (broad SMARTS) is 1. The van der Waals surface area contributed by atoms with E-state index in [0.717, 1.165) is 16.1 Å². The molecule has 0 radical (unpaired) electrons. The van der Waals surface area contributed by atoms with Crippen molar-refractivity contribution in [3.05, 3.63) is 75.4 Å². The van der Waals surface area contributed by atoms with Gasteiger partial charge in [0.25, 0.3) is 5.56 Å². The Balaban J connectivity index is 2.37. The highest BCUT2D eigenvalue weighted by Crippen LogP contribution is 2.35. The van der Waals surface area contributed by atoms with Gasteiger partial charge in [0.05, 0.1) is 11.4 Å². The second-order valence-corrected chi connectivity index (χ2v) is 6.23. The lowest BCUT2D eigenvalue weighted by Gasteiger charge is -2.24. The predicted octanol–water partition coefficient (Wildman–Crippen LogP) is 1.86. The Kier molecular flexibility index (Phi) is 5.41. The molecule has 154 valence electrons. The van der Waals surface area contributed by atoms with Crippen LogP contribution in [0.2, 0.25) is 0 Å². The van der Waals surface area contributed by atoms with Gasteiger partial charge in [0.15, 0.2) is 11.4 Å². The molecule has 10 heteroatoms. The van der Waals surface area contributed by atoms with Gasteiger partial charge in [-0.1, -0.05) is 30.3 Å². The number of aromatic nitrogens is 2. The number of nitrogens with two attached hydrogens (primary N) is 1. The summed E-state index contributed by atoms with van der Waals surface area (Å²) >= 11 is 0. The molecule has 0 aliphatic rings. The third-order valence-electron chi connectivity index (χ3n) is 4.26. The highest BCUT2D eigenvalue weighted by atomic mass is 16.5. The molecule has 0 aliphatic carbocycles. The quantitative estimate of drug-likeness (QED) is 0.495. The summed E-state index contributed by atoms with van der Waals surface area (Å²) in [7, 11) is 1.21. The van der Waals surface area contributed by atoms with Crippen molar-refractivity contribution < 1.29 is 19.4 Å². The van der Waals surface area contributed by atoms with E-state index in [1.165, 1.54) is 31.3 Å². The average Bonchev–Trinajstić information content (AvgIpc) is 2.70. The number of anilines is 3. The van der Waals surface area contributed by atoms with Crippen molar-refractivity contribution in [3.8, 4) is 11.4 Å². The van der Waals surface area contributed by atoms with Crippen molar-refractivity contribution in [1.29, 1.82) is 0 Å². The number of ether oxygens (including phenoxy) is 1. The minimum atomic E-state index is -1.56. The van der Waals surface area contributed by atoms with Crippen LogP contribution in [0.15, 0.2) is 64.2 Å². The van der Waals surface area contributed by atoms with Gasteiger partial charge in [0.1, 0.15) is 5.82 Å². The summed E-state index contributed by atoms with van der Waals surface area (Å²) in [6.45, 7) is 1.16. The molecule has 0 saturated heterocycles. The van der Waals surface area contributed by atoms with E-state index in [0.29, 0.717) is 10.6 Å². The average molecular weight is 410 g/mol. The van der Waals surface area contributed by atoms with E-state index in [-0.39, 0.29) is 17.3 Å². The molecule has 0 saturated carbocycles. The van der Waals surface area contributed by atoms with Crippen LogP contribution in [-0.2, 0) is 11.8 Å². The molecule has 0 unspecified atom stereocenters. The lowest BCUT2D eigenvalue weighted by molar-refractivity contribution is -0.131. The number of carbonyl (C=O) groups is 2. The topological polar surface area (TPSA) is 137 Å². The fraction of sp³-hybridized carbons (Fsp3) is 0.100. The lowest BCUT2D eigenvalue weighted by atomic mass is 10.2. The minimum Gasteiger partial charge on any atom is -0.464 e. The van der Waals surface area contributed by atoms with Gasteiger partial charge in [-0.2, -0.15) is 0 Å². The summed E-state index contributed by atoms with van der Waals surface area (Å²) in [5.74, 6) is -1.15. The predicted molar refractivity (Wildman–Crippen MR) is 110 cm³/mol. The summed E-state index contributed by atoms with van der Waals surface area (Å²) in [5.41, 5.74) is 4.23. The molecule has 10 nitrogen and oxygen atoms in total. The number of amides is 1. The maximum atomic E-state index is 12.9. The van der Waals surface area contributed by atoms with E-state index in [1.54, 1.807) is 30.3 Å². The van der Waals surface area contributed by atoms with Gasteiger partial charge < -0.3 is 15.6 Å². The summed E-state index contributed by atoms with van der Waals surface area (Å²) in [6, 6.07) is 14.0. The second-order valence-electron chi connectivity index (χ2n) is 6.23. The standard InChI is InChI=1S/C20H18N4O6/c1-12(25)30-15-11-7-6-10-14(15)24(20(28)29)16-17(21)23(13-8-4-3-5-9-13)19(27)22(2)18(16)26/h3-11H,21H2,1-2H3,(H,28,29). The van der Waals surface area contributed by atoms with Crippen molar-refractivity contribution in [2.75, 3.05) is 10.6 Å². The van der Waals surface area contributed by atoms with Crippen LogP contribution in [0.3, 0.4) is 0 Å². The number of hydrogen-bond donors (Lipinski definition) is 2. The highest BCUT2D eigenvalue weighted by molar-refractivity contribution is 5.99. The Labute approximate surface area is 170 Å². The number of hydrogen-bond acceptors (Lipinski definition) is 6. The first-order valence-corrected chi connectivity index (χ1v) is 8.71. The maximum Gasteiger partial charge on any atom is 0.416 e. The molecule has 1 amide bonds. The van der Waals surface area contributed by atoms with Crippen LogP contribution >= 0.6 is 0 Å². The molecule has 30 heavy (non-hydrogen) atoms. The van der Waals surface area contributed by atoms with Gasteiger partial charge >= 0.3 is 17.8 Å². The van der Waals surface area contributed by atoms with Crippen LogP contribution < -0.4 is 26.6 Å². The van der Waals surface area contributed by atoms with Crippen LogP contribution in [0.1, 0.15) is 6.92 Å². The Morgan fingerprint density at radius 2 is 1.63 bits per heavy atom. The number of carbonyl (C=O) groups excluding carboxylic acids is 1. The molecule has 3 aromatic rings. The fourth-order valence-electron chi connectivity index (χ4n) is 2.95. The first kappa shape index (κ1) is 20.4. The molecule has 1 heterocycles. The van der Waals surface area contributed by atoms with Crippen molar-refractivity contribution in [1.82, 2.24) is 9.13 Å². The Morgan fingerprint density at radius 3 is 2.23 bits per heavy atom. The van der Waals surface area contributed by atoms with Crippen molar-refractivity contribution in [2.24, 2.45) is 7.05 Å². The molecule has 1 aromatic heterocycles. The SMILES string of the molecule is CC(=O)Oc1ccccc1N(C(=O)O)c1c(N)n(-c2ccccc2)c(=O)n(C)c1=O. The maximum absolute atomic E-state index is 12.9. The van der Waals surface area contributed by atoms with Crippen LogP contribution in [0.4, 0.5) is 22.0 Å². The summed E-state index contributed by atoms with van der Waals surface area (Å²) in [5, 5.41) is 9.90. The monoisotopic (exact) mass is 410 g/mol. The van der Waals surface area contributed by atoms with Gasteiger partial charge in [-0.15, -0.1) is 0 Å². The zero-order valence-corrected chi connectivity index (χ0v) is 16.1. The fourth-order valence-corrected chi connectivity index (χ4v) is 2.95. The zero-order valence-electron chi connectivity index (χ0n) is 16.1. The van der Waals surface area contributed by atoms with E-state index >= 15 is 0 Å². The van der Waals surface area contributed by atoms with E-state index < -0.39 is 29.0 Å². The van der Waals surface area contributed by atoms with Crippen LogP contribution in [0.5, 0.6) is 5.75 Å². The number of benzene rings is 2. The second kappa shape index (κ2) is 7.95. The molecular formula is C20H18N4O6. The van der Waals surface area contributed by atoms with E-state index in [2.05, 4.69) is 0 Å². The number of nitrogens with zero attached hydrogens (tertiary/aromatic N) is 3. The summed E-state index contributed by atoms with van der Waals surface area (Å²) in [6.07, 6.45) is -1.56. The molecule has 2 aromatic carbocycles. The van der Waals surface area contributed by atoms with E-state index in [4.69, 9.17) is 10.5 Å². The molecule has 3 N–H and O–H groups in total. The van der Waals surface area contributed by atoms with Crippen molar-refractivity contribution in [2.45, 2.75) is 6.92 Å². The van der Waals surface area contributed by atoms with Gasteiger partial charge in [0.2, 0.25) is 0 Å². The Morgan fingerprint density at radius 1 is 1.03 bits per heavy atom. The van der Waals surface area contributed by atoms with Crippen LogP contribution in [0.25, 0.3) is 5.69 Å². The Hall–Kier alpha value is -4.34.